The Balaban J connectivity index is 0.000000170. The number of nitrogens with zero attached hydrogens (tertiary/aromatic N) is 5. The van der Waals surface area contributed by atoms with Crippen molar-refractivity contribution in [2.75, 3.05) is 0 Å². The van der Waals surface area contributed by atoms with Gasteiger partial charge in [-0.05, 0) is 61.0 Å². The van der Waals surface area contributed by atoms with Crippen molar-refractivity contribution in [3.63, 3.8) is 0 Å². The van der Waals surface area contributed by atoms with Crippen molar-refractivity contribution < 1.29 is 24.5 Å². The first-order chi connectivity index (χ1) is 25.7. The van der Waals surface area contributed by atoms with Crippen LogP contribution in [-0.4, -0.2) is 32.6 Å². The predicted octanol–water partition coefficient (Wildman–Crippen LogP) is 10.5. The second-order valence-electron chi connectivity index (χ2n) is 14.4. The van der Waals surface area contributed by atoms with E-state index >= 15 is 0 Å². The largest absolute Gasteiger partial charge is 0.459 e. The SMILES string of the molecule is C[Si](C)(C)c1cnc(-c2[c-]cccc2)cc1Cc1ccccc1.Cc1cc2nc(-c3[c-]c4oc5nc(C)ccc5c4cc3)n(-c3ccccc3)c2cn1.[Ir]. The van der Waals surface area contributed by atoms with Crippen LogP contribution in [0.1, 0.15) is 22.5 Å². The summed E-state index contributed by atoms with van der Waals surface area (Å²) in [5.74, 6) is 0.801. The molecule has 5 heterocycles. The van der Waals surface area contributed by atoms with Crippen LogP contribution in [0.4, 0.5) is 0 Å². The molecule has 0 aliphatic heterocycles. The van der Waals surface area contributed by atoms with Crippen LogP contribution >= 0.6 is 0 Å². The minimum absolute atomic E-state index is 0. The van der Waals surface area contributed by atoms with Gasteiger partial charge in [-0.1, -0.05) is 97.3 Å². The summed E-state index contributed by atoms with van der Waals surface area (Å²) in [7, 11) is -1.43. The third-order valence-electron chi connectivity index (χ3n) is 9.35. The number of hydrogen-bond acceptors (Lipinski definition) is 5. The molecule has 0 saturated carbocycles. The van der Waals surface area contributed by atoms with Crippen LogP contribution in [-0.2, 0) is 26.5 Å². The smallest absolute Gasteiger partial charge is 0.215 e. The van der Waals surface area contributed by atoms with Gasteiger partial charge in [0.2, 0.25) is 5.71 Å². The molecule has 8 heteroatoms. The summed E-state index contributed by atoms with van der Waals surface area (Å²) in [6.45, 7) is 11.1. The molecule has 6 nitrogen and oxygen atoms in total. The normalized spacial score (nSPS) is 11.4. The maximum Gasteiger partial charge on any atom is 0.215 e. The molecule has 0 bridgehead atoms. The Morgan fingerprint density at radius 2 is 1.44 bits per heavy atom. The van der Waals surface area contributed by atoms with E-state index in [0.717, 1.165) is 67.9 Å². The van der Waals surface area contributed by atoms with Gasteiger partial charge in [0.1, 0.15) is 0 Å². The zero-order chi connectivity index (χ0) is 36.5. The molecule has 0 saturated heterocycles. The van der Waals surface area contributed by atoms with E-state index in [4.69, 9.17) is 14.4 Å². The molecule has 0 aliphatic rings. The number of fused-ring (bicyclic) bond motifs is 4. The first-order valence-electron chi connectivity index (χ1n) is 17.8. The number of furan rings is 1. The molecular formula is C46H39IrN5OSi-2. The van der Waals surface area contributed by atoms with E-state index in [2.05, 4.69) is 113 Å². The second kappa shape index (κ2) is 15.4. The first-order valence-corrected chi connectivity index (χ1v) is 21.3. The third-order valence-corrected chi connectivity index (χ3v) is 11.4. The molecule has 0 aliphatic carbocycles. The van der Waals surface area contributed by atoms with Crippen LogP contribution in [0, 0.1) is 26.0 Å². The monoisotopic (exact) mass is 898 g/mol. The van der Waals surface area contributed by atoms with Gasteiger partial charge in [-0.25, -0.2) is 4.98 Å². The molecule has 269 valence electrons. The zero-order valence-corrected chi connectivity index (χ0v) is 34.3. The molecular weight excluding hydrogens is 859 g/mol. The third kappa shape index (κ3) is 7.59. The molecule has 0 N–H and O–H groups in total. The van der Waals surface area contributed by atoms with Crippen LogP contribution in [0.15, 0.2) is 138 Å². The van der Waals surface area contributed by atoms with Gasteiger partial charge in [-0.15, -0.1) is 53.6 Å². The summed E-state index contributed by atoms with van der Waals surface area (Å²) in [5, 5.41) is 3.44. The summed E-state index contributed by atoms with van der Waals surface area (Å²) in [5.41, 5.74) is 11.7. The Hall–Kier alpha value is -5.53. The average Bonchev–Trinajstić information content (AvgIpc) is 3.73. The summed E-state index contributed by atoms with van der Waals surface area (Å²) in [4.78, 5) is 18.6. The van der Waals surface area contributed by atoms with Gasteiger partial charge >= 0.3 is 0 Å². The summed E-state index contributed by atoms with van der Waals surface area (Å²) >= 11 is 0. The van der Waals surface area contributed by atoms with Gasteiger partial charge in [0.25, 0.3) is 0 Å². The summed E-state index contributed by atoms with van der Waals surface area (Å²) in [6, 6.07) is 48.0. The summed E-state index contributed by atoms with van der Waals surface area (Å²) in [6.07, 6.45) is 4.93. The van der Waals surface area contributed by atoms with E-state index in [1.54, 1.807) is 0 Å². The summed E-state index contributed by atoms with van der Waals surface area (Å²) < 4.78 is 8.13. The minimum Gasteiger partial charge on any atom is -0.459 e. The van der Waals surface area contributed by atoms with Gasteiger partial charge in [0, 0.05) is 48.8 Å². The van der Waals surface area contributed by atoms with Crippen molar-refractivity contribution in [3.05, 3.63) is 168 Å². The maximum absolute atomic E-state index is 6.02. The van der Waals surface area contributed by atoms with Crippen LogP contribution < -0.4 is 5.19 Å². The van der Waals surface area contributed by atoms with Gasteiger partial charge in [-0.3, -0.25) is 9.97 Å². The Labute approximate surface area is 330 Å². The van der Waals surface area contributed by atoms with Gasteiger partial charge in [0.05, 0.1) is 36.7 Å². The number of hydrogen-bond donors (Lipinski definition) is 0. The average molecular weight is 898 g/mol. The number of rotatable bonds is 6. The van der Waals surface area contributed by atoms with E-state index in [-0.39, 0.29) is 20.1 Å². The number of pyridine rings is 3. The molecule has 4 aromatic carbocycles. The van der Waals surface area contributed by atoms with Crippen LogP contribution in [0.3, 0.4) is 0 Å². The van der Waals surface area contributed by atoms with Gasteiger partial charge < -0.3 is 14.0 Å². The second-order valence-corrected chi connectivity index (χ2v) is 19.4. The number of imidazole rings is 1. The van der Waals surface area contributed by atoms with Crippen molar-refractivity contribution in [3.8, 4) is 28.3 Å². The predicted molar refractivity (Wildman–Crippen MR) is 218 cm³/mol. The maximum atomic E-state index is 6.02. The molecule has 0 amide bonds. The van der Waals surface area contributed by atoms with Crippen molar-refractivity contribution in [2.24, 2.45) is 0 Å². The van der Waals surface area contributed by atoms with Crippen LogP contribution in [0.5, 0.6) is 0 Å². The molecule has 5 aromatic heterocycles. The fraction of sp³-hybridized carbons (Fsp3) is 0.130. The van der Waals surface area contributed by atoms with E-state index in [9.17, 15) is 0 Å². The van der Waals surface area contributed by atoms with Crippen molar-refractivity contribution in [1.82, 2.24) is 24.5 Å². The molecule has 0 spiro atoms. The van der Waals surface area contributed by atoms with Gasteiger partial charge in [0.15, 0.2) is 0 Å². The van der Waals surface area contributed by atoms with E-state index in [1.165, 1.54) is 16.3 Å². The molecule has 9 rings (SSSR count). The van der Waals surface area contributed by atoms with E-state index < -0.39 is 8.07 Å². The van der Waals surface area contributed by atoms with Gasteiger partial charge in [-0.2, -0.15) is 0 Å². The Morgan fingerprint density at radius 1 is 0.704 bits per heavy atom. The topological polar surface area (TPSA) is 69.6 Å². The Bertz CT molecular complexity index is 2700. The molecule has 0 atom stereocenters. The molecule has 9 aromatic rings. The molecule has 0 unspecified atom stereocenters. The van der Waals surface area contributed by atoms with Crippen LogP contribution in [0.25, 0.3) is 61.4 Å². The first kappa shape index (κ1) is 36.8. The van der Waals surface area contributed by atoms with Crippen molar-refractivity contribution >= 4 is 46.4 Å². The molecule has 1 radical (unpaired) electrons. The molecule has 54 heavy (non-hydrogen) atoms. The number of aromatic nitrogens is 5. The Morgan fingerprint density at radius 3 is 2.19 bits per heavy atom. The number of benzene rings is 4. The fourth-order valence-corrected chi connectivity index (χ4v) is 8.32. The standard InChI is InChI=1S/C25H17N4O.C21H22NSi.Ir/c1-15-8-10-20-19-11-9-17(13-23(19)30-25(20)27-15)24-28-21-12-16(2)26-14-22(21)29(24)18-6-4-3-5-7-18;1-23(2,3)21-16-22-20(18-12-8-5-9-13-18)15-19(21)14-17-10-6-4-7-11-17;/h3-12,14H,1-2H3;4-12,15-16H,14H2,1-3H3;/q2*-1;. The number of aryl methyl sites for hydroxylation is 2. The quantitative estimate of drug-likeness (QED) is 0.123. The Kier molecular flexibility index (Phi) is 10.5. The molecule has 0 fully saturated rings. The van der Waals surface area contributed by atoms with Crippen molar-refractivity contribution in [1.29, 1.82) is 0 Å². The van der Waals surface area contributed by atoms with Crippen molar-refractivity contribution in [2.45, 2.75) is 39.9 Å². The minimum atomic E-state index is -1.43. The van der Waals surface area contributed by atoms with E-state index in [1.807, 2.05) is 80.7 Å². The van der Waals surface area contributed by atoms with Crippen LogP contribution in [0.2, 0.25) is 19.6 Å². The number of para-hydroxylation sites is 1. The zero-order valence-electron chi connectivity index (χ0n) is 30.9. The fourth-order valence-electron chi connectivity index (χ4n) is 6.74. The van der Waals surface area contributed by atoms with E-state index in [0.29, 0.717) is 11.3 Å².